The third-order valence-electron chi connectivity index (χ3n) is 1.29. The summed E-state index contributed by atoms with van der Waals surface area (Å²) in [6.45, 7) is 1.65. The molecule has 3 nitrogen and oxygen atoms in total. The minimum absolute atomic E-state index is 0.112. The Morgan fingerprint density at radius 3 is 2.91 bits per heavy atom. The number of nitrogens with zero attached hydrogens (tertiary/aromatic N) is 1. The van der Waals surface area contributed by atoms with E-state index in [1.165, 1.54) is 6.07 Å². The highest BCUT2D eigenvalue weighted by molar-refractivity contribution is 6.31. The van der Waals surface area contributed by atoms with Crippen molar-refractivity contribution in [3.63, 3.8) is 0 Å². The van der Waals surface area contributed by atoms with Crippen LogP contribution < -0.4 is 0 Å². The minimum Gasteiger partial charge on any atom is -0.493 e. The lowest BCUT2D eigenvalue weighted by Crippen LogP contribution is -1.88. The van der Waals surface area contributed by atoms with E-state index in [4.69, 9.17) is 16.7 Å². The highest BCUT2D eigenvalue weighted by Gasteiger charge is 2.04. The van der Waals surface area contributed by atoms with E-state index < -0.39 is 0 Å². The van der Waals surface area contributed by atoms with Gasteiger partial charge in [-0.05, 0) is 13.0 Å². The van der Waals surface area contributed by atoms with Gasteiger partial charge in [-0.25, -0.2) is 4.98 Å². The number of hydrogen-bond acceptors (Lipinski definition) is 3. The molecule has 0 saturated carbocycles. The fraction of sp³-hybridized carbons (Fsp3) is 0.143. The molecule has 11 heavy (non-hydrogen) atoms. The van der Waals surface area contributed by atoms with Gasteiger partial charge in [0.05, 0.1) is 16.3 Å². The maximum Gasteiger partial charge on any atom is 0.221 e. The topological polar surface area (TPSA) is 50.2 Å². The van der Waals surface area contributed by atoms with Crippen LogP contribution in [0.25, 0.3) is 0 Å². The summed E-state index contributed by atoms with van der Waals surface area (Å²) in [4.78, 5) is 13.9. The first-order chi connectivity index (χ1) is 5.15. The Labute approximate surface area is 68.6 Å². The van der Waals surface area contributed by atoms with Crippen molar-refractivity contribution in [3.8, 4) is 5.88 Å². The molecule has 0 aliphatic heterocycles. The Morgan fingerprint density at radius 2 is 2.36 bits per heavy atom. The second-order valence-corrected chi connectivity index (χ2v) is 2.49. The monoisotopic (exact) mass is 171 g/mol. The first kappa shape index (κ1) is 8.01. The molecular formula is C7H6ClNO2. The summed E-state index contributed by atoms with van der Waals surface area (Å²) in [7, 11) is 0. The van der Waals surface area contributed by atoms with E-state index in [1.807, 2.05) is 0 Å². The molecule has 0 spiro atoms. The SMILES string of the molecule is Cc1nc(O)c(C=O)cc1Cl. The number of pyridine rings is 1. The maximum atomic E-state index is 10.2. The van der Waals surface area contributed by atoms with Crippen LogP contribution in [-0.4, -0.2) is 16.4 Å². The van der Waals surface area contributed by atoms with Gasteiger partial charge in [0.25, 0.3) is 0 Å². The average Bonchev–Trinajstić information content (AvgIpc) is 1.97. The van der Waals surface area contributed by atoms with Crippen LogP contribution in [0.4, 0.5) is 0 Å². The van der Waals surface area contributed by atoms with Crippen molar-refractivity contribution in [3.05, 3.63) is 22.3 Å². The first-order valence-electron chi connectivity index (χ1n) is 2.96. The number of aldehydes is 1. The summed E-state index contributed by atoms with van der Waals surface area (Å²) in [5, 5.41) is 9.39. The third kappa shape index (κ3) is 1.49. The van der Waals surface area contributed by atoms with Crippen molar-refractivity contribution in [2.45, 2.75) is 6.92 Å². The van der Waals surface area contributed by atoms with E-state index in [1.54, 1.807) is 6.92 Å². The lowest BCUT2D eigenvalue weighted by Gasteiger charge is -1.99. The molecule has 58 valence electrons. The van der Waals surface area contributed by atoms with E-state index in [2.05, 4.69) is 4.98 Å². The quantitative estimate of drug-likeness (QED) is 0.653. The van der Waals surface area contributed by atoms with Crippen LogP contribution in [0.1, 0.15) is 16.1 Å². The van der Waals surface area contributed by atoms with Gasteiger partial charge >= 0.3 is 0 Å². The Hall–Kier alpha value is -1.09. The molecular weight excluding hydrogens is 166 g/mol. The Balaban J connectivity index is 3.31. The number of aromatic hydroxyl groups is 1. The summed E-state index contributed by atoms with van der Waals surface area (Å²) in [6.07, 6.45) is 0.508. The van der Waals surface area contributed by atoms with Crippen LogP contribution >= 0.6 is 11.6 Å². The van der Waals surface area contributed by atoms with Gasteiger partial charge in [-0.2, -0.15) is 0 Å². The van der Waals surface area contributed by atoms with Crippen LogP contribution in [-0.2, 0) is 0 Å². The van der Waals surface area contributed by atoms with E-state index in [9.17, 15) is 4.79 Å². The molecule has 0 aromatic carbocycles. The minimum atomic E-state index is -0.276. The molecule has 4 heteroatoms. The van der Waals surface area contributed by atoms with E-state index in [0.717, 1.165) is 0 Å². The van der Waals surface area contributed by atoms with Gasteiger partial charge in [0, 0.05) is 0 Å². The van der Waals surface area contributed by atoms with E-state index in [0.29, 0.717) is 17.0 Å². The largest absolute Gasteiger partial charge is 0.493 e. The predicted molar refractivity (Wildman–Crippen MR) is 41.0 cm³/mol. The predicted octanol–water partition coefficient (Wildman–Crippen LogP) is 1.56. The van der Waals surface area contributed by atoms with Gasteiger partial charge in [0.1, 0.15) is 0 Å². The number of carbonyl (C=O) groups is 1. The normalized spacial score (nSPS) is 9.64. The van der Waals surface area contributed by atoms with Gasteiger partial charge in [-0.1, -0.05) is 11.6 Å². The zero-order valence-electron chi connectivity index (χ0n) is 5.84. The molecule has 0 aliphatic carbocycles. The van der Waals surface area contributed by atoms with Crippen LogP contribution in [0.15, 0.2) is 6.07 Å². The molecule has 0 saturated heterocycles. The Kier molecular flexibility index (Phi) is 2.10. The van der Waals surface area contributed by atoms with Crippen molar-refractivity contribution in [1.29, 1.82) is 0 Å². The van der Waals surface area contributed by atoms with Crippen LogP contribution in [0.5, 0.6) is 5.88 Å². The zero-order valence-corrected chi connectivity index (χ0v) is 6.59. The van der Waals surface area contributed by atoms with Crippen LogP contribution in [0, 0.1) is 6.92 Å². The first-order valence-corrected chi connectivity index (χ1v) is 3.34. The van der Waals surface area contributed by atoms with Gasteiger partial charge in [-0.3, -0.25) is 4.79 Å². The Bertz CT molecular complexity index is 299. The second kappa shape index (κ2) is 2.88. The summed E-state index contributed by atoms with van der Waals surface area (Å²) >= 11 is 5.63. The molecule has 0 amide bonds. The zero-order chi connectivity index (χ0) is 8.43. The van der Waals surface area contributed by atoms with Gasteiger partial charge in [0.15, 0.2) is 6.29 Å². The summed E-state index contributed by atoms with van der Waals surface area (Å²) in [5.74, 6) is -0.276. The fourth-order valence-electron chi connectivity index (χ4n) is 0.669. The molecule has 0 radical (unpaired) electrons. The maximum absolute atomic E-state index is 10.2. The smallest absolute Gasteiger partial charge is 0.221 e. The standard InChI is InChI=1S/C7H6ClNO2/c1-4-6(8)2-5(3-10)7(11)9-4/h2-3H,1H3,(H,9,11). The van der Waals surface area contributed by atoms with Crippen LogP contribution in [0.3, 0.4) is 0 Å². The molecule has 0 atom stereocenters. The van der Waals surface area contributed by atoms with Gasteiger partial charge in [-0.15, -0.1) is 0 Å². The highest BCUT2D eigenvalue weighted by atomic mass is 35.5. The number of hydrogen-bond donors (Lipinski definition) is 1. The third-order valence-corrected chi connectivity index (χ3v) is 1.67. The highest BCUT2D eigenvalue weighted by Crippen LogP contribution is 2.19. The number of aromatic nitrogens is 1. The molecule has 0 bridgehead atoms. The molecule has 1 aromatic rings. The average molecular weight is 172 g/mol. The van der Waals surface area contributed by atoms with Crippen molar-refractivity contribution < 1.29 is 9.90 Å². The lowest BCUT2D eigenvalue weighted by atomic mass is 10.2. The van der Waals surface area contributed by atoms with Crippen LogP contribution in [0.2, 0.25) is 5.02 Å². The van der Waals surface area contributed by atoms with Crippen molar-refractivity contribution >= 4 is 17.9 Å². The molecule has 0 unspecified atom stereocenters. The Morgan fingerprint density at radius 1 is 1.73 bits per heavy atom. The molecule has 1 rings (SSSR count). The summed E-state index contributed by atoms with van der Waals surface area (Å²) in [6, 6.07) is 1.38. The van der Waals surface area contributed by atoms with Crippen molar-refractivity contribution in [2.24, 2.45) is 0 Å². The lowest BCUT2D eigenvalue weighted by molar-refractivity contribution is 0.112. The summed E-state index contributed by atoms with van der Waals surface area (Å²) in [5.41, 5.74) is 0.621. The van der Waals surface area contributed by atoms with Crippen molar-refractivity contribution in [2.75, 3.05) is 0 Å². The number of carbonyl (C=O) groups excluding carboxylic acids is 1. The van der Waals surface area contributed by atoms with Gasteiger partial charge in [0.2, 0.25) is 5.88 Å². The fourth-order valence-corrected chi connectivity index (χ4v) is 0.829. The van der Waals surface area contributed by atoms with Crippen molar-refractivity contribution in [1.82, 2.24) is 4.98 Å². The van der Waals surface area contributed by atoms with E-state index in [-0.39, 0.29) is 11.4 Å². The summed E-state index contributed by atoms with van der Waals surface area (Å²) < 4.78 is 0. The molecule has 1 N–H and O–H groups in total. The van der Waals surface area contributed by atoms with E-state index >= 15 is 0 Å². The number of aryl methyl sites for hydroxylation is 1. The van der Waals surface area contributed by atoms with Gasteiger partial charge < -0.3 is 5.11 Å². The molecule has 0 fully saturated rings. The molecule has 0 aliphatic rings. The number of rotatable bonds is 1. The second-order valence-electron chi connectivity index (χ2n) is 2.09. The number of halogens is 1. The molecule has 1 aromatic heterocycles. The molecule has 1 heterocycles.